The van der Waals surface area contributed by atoms with E-state index in [1.54, 1.807) is 7.11 Å². The van der Waals surface area contributed by atoms with E-state index in [0.29, 0.717) is 0 Å². The van der Waals surface area contributed by atoms with Gasteiger partial charge in [0.05, 0.1) is 0 Å². The second-order valence-electron chi connectivity index (χ2n) is 2.88. The molecule has 0 rings (SSSR count). The van der Waals surface area contributed by atoms with Crippen LogP contribution in [0.15, 0.2) is 0 Å². The van der Waals surface area contributed by atoms with Crippen molar-refractivity contribution in [2.24, 2.45) is 0 Å². The van der Waals surface area contributed by atoms with E-state index >= 15 is 0 Å². The van der Waals surface area contributed by atoms with Crippen molar-refractivity contribution in [1.82, 2.24) is 5.32 Å². The molecule has 0 aromatic carbocycles. The minimum Gasteiger partial charge on any atom is -0.385 e. The fraction of sp³-hybridized carbons (Fsp3) is 1.00. The number of methoxy groups -OCH3 is 1. The van der Waals surface area contributed by atoms with Crippen molar-refractivity contribution >= 4 is 10.8 Å². The van der Waals surface area contributed by atoms with Crippen molar-refractivity contribution < 1.29 is 8.95 Å². The maximum atomic E-state index is 11.0. The normalized spacial score (nSPS) is 13.1. The summed E-state index contributed by atoms with van der Waals surface area (Å²) in [6, 6.07) is 0. The molecule has 0 aromatic rings. The van der Waals surface area contributed by atoms with E-state index in [9.17, 15) is 4.21 Å². The van der Waals surface area contributed by atoms with Gasteiger partial charge >= 0.3 is 0 Å². The van der Waals surface area contributed by atoms with Crippen LogP contribution in [0.4, 0.5) is 0 Å². The molecule has 80 valence electrons. The van der Waals surface area contributed by atoms with Gasteiger partial charge in [-0.25, -0.2) is 0 Å². The third kappa shape index (κ3) is 9.99. The van der Waals surface area contributed by atoms with Crippen LogP contribution in [0.2, 0.25) is 0 Å². The van der Waals surface area contributed by atoms with Crippen molar-refractivity contribution in [2.45, 2.75) is 19.8 Å². The summed E-state index contributed by atoms with van der Waals surface area (Å²) in [6.07, 6.45) is 2.23. The Labute approximate surface area is 83.7 Å². The van der Waals surface area contributed by atoms with Gasteiger partial charge in [0.25, 0.3) is 0 Å². The zero-order chi connectivity index (χ0) is 9.94. The lowest BCUT2D eigenvalue weighted by molar-refractivity contribution is 0.192. The van der Waals surface area contributed by atoms with E-state index < -0.39 is 10.8 Å². The van der Waals surface area contributed by atoms with Crippen LogP contribution in [0.25, 0.3) is 0 Å². The molecule has 1 atom stereocenters. The summed E-state index contributed by atoms with van der Waals surface area (Å²) < 4.78 is 15.9. The van der Waals surface area contributed by atoms with E-state index in [0.717, 1.165) is 44.0 Å². The highest BCUT2D eigenvalue weighted by molar-refractivity contribution is 7.84. The second-order valence-corrected chi connectivity index (χ2v) is 4.75. The second kappa shape index (κ2) is 10.2. The Morgan fingerprint density at radius 3 is 2.69 bits per heavy atom. The lowest BCUT2D eigenvalue weighted by Crippen LogP contribution is -2.22. The van der Waals surface area contributed by atoms with Gasteiger partial charge in [0, 0.05) is 42.6 Å². The third-order valence-corrected chi connectivity index (χ3v) is 3.08. The third-order valence-electron chi connectivity index (χ3n) is 1.78. The summed E-state index contributed by atoms with van der Waals surface area (Å²) in [5.41, 5.74) is 0. The molecule has 3 nitrogen and oxygen atoms in total. The van der Waals surface area contributed by atoms with Gasteiger partial charge in [0.1, 0.15) is 0 Å². The molecule has 0 amide bonds. The number of unbranched alkanes of at least 4 members (excludes halogenated alkanes) is 1. The van der Waals surface area contributed by atoms with Crippen molar-refractivity contribution in [3.63, 3.8) is 0 Å². The predicted octanol–water partition coefficient (Wildman–Crippen LogP) is 0.771. The quantitative estimate of drug-likeness (QED) is 0.568. The molecule has 0 fully saturated rings. The Balaban J connectivity index is 2.95. The number of hydrogen-bond acceptors (Lipinski definition) is 3. The first kappa shape index (κ1) is 13.1. The summed E-state index contributed by atoms with van der Waals surface area (Å²) in [7, 11) is 1.10. The molecular weight excluding hydrogens is 186 g/mol. The van der Waals surface area contributed by atoms with Crippen LogP contribution in [-0.4, -0.2) is 42.5 Å². The molecule has 0 aliphatic carbocycles. The summed E-state index contributed by atoms with van der Waals surface area (Å²) in [5.74, 6) is 1.55. The first-order valence-corrected chi connectivity index (χ1v) is 6.34. The molecule has 0 aliphatic heterocycles. The average molecular weight is 207 g/mol. The number of ether oxygens (including phenoxy) is 1. The smallest absolute Gasteiger partial charge is 0.0462 e. The largest absolute Gasteiger partial charge is 0.385 e. The Morgan fingerprint density at radius 1 is 1.31 bits per heavy atom. The molecule has 13 heavy (non-hydrogen) atoms. The van der Waals surface area contributed by atoms with Crippen molar-refractivity contribution in [2.75, 3.05) is 38.3 Å². The topological polar surface area (TPSA) is 38.3 Å². The van der Waals surface area contributed by atoms with Crippen LogP contribution in [0.5, 0.6) is 0 Å². The van der Waals surface area contributed by atoms with Crippen LogP contribution >= 0.6 is 0 Å². The molecule has 0 heterocycles. The molecule has 0 aromatic heterocycles. The Hall–Kier alpha value is 0.0700. The van der Waals surface area contributed by atoms with E-state index in [4.69, 9.17) is 4.74 Å². The monoisotopic (exact) mass is 207 g/mol. The minimum atomic E-state index is -0.623. The lowest BCUT2D eigenvalue weighted by atomic mass is 10.3. The highest BCUT2D eigenvalue weighted by Gasteiger charge is 1.94. The average Bonchev–Trinajstić information content (AvgIpc) is 2.16. The SMILES string of the molecule is CCS(=O)CCNCCCCOC. The first-order chi connectivity index (χ1) is 6.31. The summed E-state index contributed by atoms with van der Waals surface area (Å²) >= 11 is 0. The van der Waals surface area contributed by atoms with Gasteiger partial charge in [-0.15, -0.1) is 0 Å². The Kier molecular flexibility index (Phi) is 10.2. The van der Waals surface area contributed by atoms with Gasteiger partial charge in [-0.2, -0.15) is 0 Å². The lowest BCUT2D eigenvalue weighted by Gasteiger charge is -2.03. The molecule has 0 radical (unpaired) electrons. The maximum Gasteiger partial charge on any atom is 0.0462 e. The summed E-state index contributed by atoms with van der Waals surface area (Å²) in [6.45, 7) is 4.66. The van der Waals surface area contributed by atoms with Gasteiger partial charge in [0.15, 0.2) is 0 Å². The van der Waals surface area contributed by atoms with Gasteiger partial charge in [-0.1, -0.05) is 6.92 Å². The molecule has 0 aliphatic rings. The highest BCUT2D eigenvalue weighted by Crippen LogP contribution is 1.86. The zero-order valence-electron chi connectivity index (χ0n) is 8.67. The van der Waals surface area contributed by atoms with E-state index in [1.807, 2.05) is 6.92 Å². The minimum absolute atomic E-state index is 0.623. The van der Waals surface area contributed by atoms with Crippen LogP contribution in [0, 0.1) is 0 Å². The fourth-order valence-electron chi connectivity index (χ4n) is 0.952. The van der Waals surface area contributed by atoms with Crippen LogP contribution < -0.4 is 5.32 Å². The predicted molar refractivity (Wildman–Crippen MR) is 57.5 cm³/mol. The van der Waals surface area contributed by atoms with Crippen molar-refractivity contribution in [3.05, 3.63) is 0 Å². The molecule has 0 saturated heterocycles. The zero-order valence-corrected chi connectivity index (χ0v) is 9.49. The standard InChI is InChI=1S/C9H21NO2S/c1-3-13(11)9-7-10-6-4-5-8-12-2/h10H,3-9H2,1-2H3. The van der Waals surface area contributed by atoms with Crippen molar-refractivity contribution in [1.29, 1.82) is 0 Å². The van der Waals surface area contributed by atoms with Gasteiger partial charge in [-0.3, -0.25) is 4.21 Å². The Bertz CT molecular complexity index is 131. The van der Waals surface area contributed by atoms with Crippen molar-refractivity contribution in [3.8, 4) is 0 Å². The van der Waals surface area contributed by atoms with Gasteiger partial charge < -0.3 is 10.1 Å². The molecule has 1 N–H and O–H groups in total. The van der Waals surface area contributed by atoms with Gasteiger partial charge in [0.2, 0.25) is 0 Å². The number of hydrogen-bond donors (Lipinski definition) is 1. The van der Waals surface area contributed by atoms with Crippen LogP contribution in [0.3, 0.4) is 0 Å². The number of rotatable bonds is 9. The van der Waals surface area contributed by atoms with E-state index in [1.165, 1.54) is 0 Å². The van der Waals surface area contributed by atoms with Crippen LogP contribution in [-0.2, 0) is 15.5 Å². The van der Waals surface area contributed by atoms with E-state index in [2.05, 4.69) is 5.32 Å². The summed E-state index contributed by atoms with van der Waals surface area (Å²) in [5, 5.41) is 3.26. The fourth-order valence-corrected chi connectivity index (χ4v) is 1.61. The molecule has 4 heteroatoms. The highest BCUT2D eigenvalue weighted by atomic mass is 32.2. The van der Waals surface area contributed by atoms with E-state index in [-0.39, 0.29) is 0 Å². The maximum absolute atomic E-state index is 11.0. The molecule has 1 unspecified atom stereocenters. The Morgan fingerprint density at radius 2 is 2.08 bits per heavy atom. The van der Waals surface area contributed by atoms with Gasteiger partial charge in [-0.05, 0) is 19.4 Å². The molecule has 0 spiro atoms. The molecule has 0 bridgehead atoms. The molecule has 0 saturated carbocycles. The first-order valence-electron chi connectivity index (χ1n) is 4.86. The van der Waals surface area contributed by atoms with Crippen LogP contribution in [0.1, 0.15) is 19.8 Å². The number of nitrogens with one attached hydrogen (secondary N) is 1. The summed E-state index contributed by atoms with van der Waals surface area (Å²) in [4.78, 5) is 0. The molecular formula is C9H21NO2S.